The maximum absolute atomic E-state index is 11.4. The Morgan fingerprint density at radius 1 is 1.26 bits per heavy atom. The smallest absolute Gasteiger partial charge is 0.439 e. The predicted octanol–water partition coefficient (Wildman–Crippen LogP) is 3.30. The lowest BCUT2D eigenvalue weighted by atomic mass is 9.95. The molecule has 0 amide bonds. The molecule has 1 aliphatic heterocycles. The zero-order valence-electron chi connectivity index (χ0n) is 21.7. The molecule has 10 nitrogen and oxygen atoms in total. The zero-order chi connectivity index (χ0) is 27.2. The van der Waals surface area contributed by atoms with Crippen molar-refractivity contribution < 1.29 is 23.6 Å². The van der Waals surface area contributed by atoms with Crippen LogP contribution in [0.25, 0.3) is 0 Å². The molecule has 1 aliphatic rings. The lowest BCUT2D eigenvalue weighted by Crippen LogP contribution is -2.65. The minimum Gasteiger partial charge on any atom is -0.494 e. The third-order valence-corrected chi connectivity index (χ3v) is 6.86. The van der Waals surface area contributed by atoms with E-state index in [-0.39, 0.29) is 11.9 Å². The molecule has 2 aromatic rings. The van der Waals surface area contributed by atoms with Crippen LogP contribution in [0, 0.1) is 17.4 Å². The maximum Gasteiger partial charge on any atom is 0.439 e. The molecule has 1 fully saturated rings. The molecule has 0 bridgehead atoms. The van der Waals surface area contributed by atoms with Crippen molar-refractivity contribution in [1.82, 2.24) is 5.32 Å². The first-order chi connectivity index (χ1) is 18.5. The number of benzene rings is 1. The van der Waals surface area contributed by atoms with Crippen molar-refractivity contribution in [2.45, 2.75) is 44.4 Å². The van der Waals surface area contributed by atoms with E-state index < -0.39 is 5.91 Å². The first-order valence-corrected chi connectivity index (χ1v) is 13.2. The van der Waals surface area contributed by atoms with E-state index >= 15 is 0 Å². The number of nitrogens with two attached hydrogens (primary N) is 1. The average Bonchev–Trinajstić information content (AvgIpc) is 2.95. The van der Waals surface area contributed by atoms with Gasteiger partial charge in [0.15, 0.2) is 12.4 Å². The molecule has 0 radical (unpaired) electrons. The summed E-state index contributed by atoms with van der Waals surface area (Å²) in [6, 6.07) is 11.0. The van der Waals surface area contributed by atoms with E-state index in [2.05, 4.69) is 10.3 Å². The summed E-state index contributed by atoms with van der Waals surface area (Å²) < 4.78 is 18.8. The van der Waals surface area contributed by atoms with Crippen molar-refractivity contribution in [2.24, 2.45) is 16.6 Å². The van der Waals surface area contributed by atoms with E-state index in [1.165, 1.54) is 7.11 Å². The lowest BCUT2D eigenvalue weighted by Gasteiger charge is -2.34. The highest BCUT2D eigenvalue weighted by atomic mass is 35.5. The van der Waals surface area contributed by atoms with E-state index in [0.717, 1.165) is 56.5 Å². The molecule has 1 aromatic heterocycles. The third kappa shape index (κ3) is 7.81. The molecular formula is C27H36ClN6O4+. The van der Waals surface area contributed by atoms with Crippen LogP contribution >= 0.6 is 11.6 Å². The summed E-state index contributed by atoms with van der Waals surface area (Å²) >= 11 is 5.90. The summed E-state index contributed by atoms with van der Waals surface area (Å²) in [6.45, 7) is 3.22. The van der Waals surface area contributed by atoms with Crippen molar-refractivity contribution >= 4 is 29.7 Å². The molecule has 2 heterocycles. The fourth-order valence-corrected chi connectivity index (χ4v) is 4.79. The number of aliphatic imine (C=N–C) groups is 1. The number of aromatic nitrogens is 1. The first-order valence-electron chi connectivity index (χ1n) is 12.8. The summed E-state index contributed by atoms with van der Waals surface area (Å²) in [7, 11) is 1.53. The first kappa shape index (κ1) is 29.2. The summed E-state index contributed by atoms with van der Waals surface area (Å²) in [5, 5.41) is 13.1. The summed E-state index contributed by atoms with van der Waals surface area (Å²) in [5.41, 5.74) is 6.89. The van der Waals surface area contributed by atoms with E-state index in [0.29, 0.717) is 31.2 Å². The van der Waals surface area contributed by atoms with Crippen LogP contribution in [-0.2, 0) is 20.2 Å². The van der Waals surface area contributed by atoms with Gasteiger partial charge in [0.25, 0.3) is 6.47 Å². The Kier molecular flexibility index (Phi) is 11.6. The molecule has 0 spiro atoms. The van der Waals surface area contributed by atoms with E-state index in [1.54, 1.807) is 28.1 Å². The van der Waals surface area contributed by atoms with Crippen molar-refractivity contribution in [3.63, 3.8) is 0 Å². The number of nitrogens with one attached hydrogen (secondary N) is 1. The second kappa shape index (κ2) is 15.1. The van der Waals surface area contributed by atoms with Gasteiger partial charge in [-0.15, -0.1) is 9.56 Å². The lowest BCUT2D eigenvalue weighted by molar-refractivity contribution is -0.858. The molecular weight excluding hydrogens is 508 g/mol. The highest BCUT2D eigenvalue weighted by Crippen LogP contribution is 2.29. The Morgan fingerprint density at radius 3 is 2.63 bits per heavy atom. The van der Waals surface area contributed by atoms with Gasteiger partial charge in [0, 0.05) is 37.4 Å². The maximum atomic E-state index is 11.4. The van der Waals surface area contributed by atoms with Crippen LogP contribution in [0.2, 0.25) is 5.02 Å². The number of ether oxygens (including phenoxy) is 3. The Morgan fingerprint density at radius 2 is 2.00 bits per heavy atom. The Balaban J connectivity index is 1.60. The van der Waals surface area contributed by atoms with Gasteiger partial charge in [-0.1, -0.05) is 24.4 Å². The topological polar surface area (TPSA) is 126 Å². The van der Waals surface area contributed by atoms with Crippen LogP contribution in [0.3, 0.4) is 0 Å². The number of guanidine groups is 1. The van der Waals surface area contributed by atoms with Crippen LogP contribution in [0.4, 0.5) is 5.69 Å². The monoisotopic (exact) mass is 543 g/mol. The van der Waals surface area contributed by atoms with E-state index in [4.69, 9.17) is 36.8 Å². The van der Waals surface area contributed by atoms with Gasteiger partial charge in [-0.25, -0.2) is 0 Å². The standard InChI is InChI=1S/C27H36ClN6O4/c1-36-27(38-21-35,22-7-6-14-31-19-22)33-16-12-24(13-17-33)34(26(30)32-20-29)15-4-2-3-5-18-37-25-10-8-23(28)9-11-25/h8-13,16-17,21-22,31H,2-7,14-15,18-19H2,1H3,(H2,30,32)/q+1. The number of hydrogen-bond acceptors (Lipinski definition) is 7. The van der Waals surface area contributed by atoms with Gasteiger partial charge < -0.3 is 25.4 Å². The quantitative estimate of drug-likeness (QED) is 0.0707. The Hall–Kier alpha value is -3.39. The van der Waals surface area contributed by atoms with Crippen LogP contribution in [0.5, 0.6) is 5.75 Å². The van der Waals surface area contributed by atoms with Crippen LogP contribution in [0.1, 0.15) is 38.5 Å². The van der Waals surface area contributed by atoms with E-state index in [1.807, 2.05) is 36.4 Å². The van der Waals surface area contributed by atoms with Gasteiger partial charge in [-0.2, -0.15) is 5.26 Å². The predicted molar refractivity (Wildman–Crippen MR) is 144 cm³/mol. The number of piperidine rings is 1. The number of carbonyl (C=O) groups excluding carboxylic acids is 1. The van der Waals surface area contributed by atoms with Gasteiger partial charge in [-0.05, 0) is 56.5 Å². The normalized spacial score (nSPS) is 17.2. The number of rotatable bonds is 14. The van der Waals surface area contributed by atoms with Crippen molar-refractivity contribution in [1.29, 1.82) is 5.26 Å². The molecule has 204 valence electrons. The largest absolute Gasteiger partial charge is 0.494 e. The number of nitrogens with zero attached hydrogens (tertiary/aromatic N) is 4. The molecule has 2 atom stereocenters. The highest BCUT2D eigenvalue weighted by molar-refractivity contribution is 6.30. The van der Waals surface area contributed by atoms with Gasteiger partial charge in [0.2, 0.25) is 12.2 Å². The molecule has 3 rings (SSSR count). The minimum atomic E-state index is -1.26. The van der Waals surface area contributed by atoms with E-state index in [9.17, 15) is 4.79 Å². The van der Waals surface area contributed by atoms with Crippen LogP contribution in [-0.4, -0.2) is 45.8 Å². The molecule has 1 saturated heterocycles. The van der Waals surface area contributed by atoms with Crippen LogP contribution in [0.15, 0.2) is 53.8 Å². The zero-order valence-corrected chi connectivity index (χ0v) is 22.5. The molecule has 0 aliphatic carbocycles. The number of anilines is 1. The number of halogens is 1. The van der Waals surface area contributed by atoms with Crippen molar-refractivity contribution in [3.05, 3.63) is 53.8 Å². The number of pyridine rings is 1. The summed E-state index contributed by atoms with van der Waals surface area (Å²) in [6.07, 6.45) is 10.9. The fourth-order valence-electron chi connectivity index (χ4n) is 4.66. The highest BCUT2D eigenvalue weighted by Gasteiger charge is 2.51. The van der Waals surface area contributed by atoms with Gasteiger partial charge in [0.05, 0.1) is 12.3 Å². The second-order valence-corrected chi connectivity index (χ2v) is 9.43. The molecule has 0 saturated carbocycles. The second-order valence-electron chi connectivity index (χ2n) is 8.99. The van der Waals surface area contributed by atoms with Gasteiger partial charge >= 0.3 is 5.91 Å². The molecule has 38 heavy (non-hydrogen) atoms. The van der Waals surface area contributed by atoms with Crippen LogP contribution < -0.4 is 25.3 Å². The number of methoxy groups -OCH3 is 1. The average molecular weight is 544 g/mol. The minimum absolute atomic E-state index is 0.0627. The molecule has 2 unspecified atom stereocenters. The number of nitriles is 1. The summed E-state index contributed by atoms with van der Waals surface area (Å²) in [4.78, 5) is 17.0. The fraction of sp³-hybridized carbons (Fsp3) is 0.481. The Bertz CT molecular complexity index is 1070. The molecule has 11 heteroatoms. The van der Waals surface area contributed by atoms with Gasteiger partial charge in [0.1, 0.15) is 11.7 Å². The summed E-state index contributed by atoms with van der Waals surface area (Å²) in [5.74, 6) is -0.403. The van der Waals surface area contributed by atoms with Gasteiger partial charge in [-0.3, -0.25) is 9.53 Å². The number of unbranched alkanes of at least 4 members (excludes halogenated alkanes) is 3. The third-order valence-electron chi connectivity index (χ3n) is 6.61. The Labute approximate surface area is 228 Å². The van der Waals surface area contributed by atoms with Crippen molar-refractivity contribution in [2.75, 3.05) is 38.3 Å². The molecule has 3 N–H and O–H groups in total. The number of hydrogen-bond donors (Lipinski definition) is 2. The number of carbonyl (C=O) groups is 1. The SMILES string of the molecule is COC(OC=O)(C1CCCNC1)[n+]1ccc(N(CCCCCCOc2ccc(Cl)cc2)C(N)=NC#N)cc1. The molecule has 1 aromatic carbocycles. The van der Waals surface area contributed by atoms with Crippen molar-refractivity contribution in [3.8, 4) is 11.9 Å².